The van der Waals surface area contributed by atoms with Gasteiger partial charge in [-0.1, -0.05) is 35.5 Å². The van der Waals surface area contributed by atoms with Crippen LogP contribution in [0.2, 0.25) is 0 Å². The third-order valence-electron chi connectivity index (χ3n) is 4.18. The first kappa shape index (κ1) is 12.6. The molecule has 2 fully saturated rings. The molecule has 2 aliphatic rings. The Hall–Kier alpha value is -2.17. The van der Waals surface area contributed by atoms with E-state index >= 15 is 0 Å². The average molecular weight is 283 g/mol. The molecule has 0 unspecified atom stereocenters. The van der Waals surface area contributed by atoms with Gasteiger partial charge in [-0.05, 0) is 18.4 Å². The number of aromatic nitrogens is 2. The summed E-state index contributed by atoms with van der Waals surface area (Å²) in [7, 11) is 0. The molecule has 1 aromatic carbocycles. The van der Waals surface area contributed by atoms with Crippen molar-refractivity contribution in [3.05, 3.63) is 47.6 Å². The van der Waals surface area contributed by atoms with E-state index in [1.807, 2.05) is 35.2 Å². The molecule has 1 amide bonds. The van der Waals surface area contributed by atoms with Gasteiger partial charge in [0.05, 0.1) is 12.3 Å². The number of likely N-dealkylation sites (tertiary alicyclic amines) is 1. The molecule has 1 aliphatic heterocycles. The number of nitrogens with zero attached hydrogens (tertiary/aromatic N) is 3. The van der Waals surface area contributed by atoms with E-state index in [-0.39, 0.29) is 11.8 Å². The Morgan fingerprint density at radius 3 is 2.67 bits per heavy atom. The Balaban J connectivity index is 1.32. The molecule has 1 aliphatic carbocycles. The lowest BCUT2D eigenvalue weighted by molar-refractivity contribution is -0.135. The highest BCUT2D eigenvalue weighted by molar-refractivity contribution is 5.79. The van der Waals surface area contributed by atoms with E-state index in [2.05, 4.69) is 10.1 Å². The summed E-state index contributed by atoms with van der Waals surface area (Å²) in [5, 5.41) is 4.03. The van der Waals surface area contributed by atoms with Gasteiger partial charge in [-0.15, -0.1) is 0 Å². The van der Waals surface area contributed by atoms with E-state index in [4.69, 9.17) is 4.52 Å². The molecule has 5 heteroatoms. The molecule has 1 saturated carbocycles. The first-order valence-corrected chi connectivity index (χ1v) is 7.45. The normalized spacial score (nSPS) is 18.6. The van der Waals surface area contributed by atoms with Crippen LogP contribution >= 0.6 is 0 Å². The highest BCUT2D eigenvalue weighted by Gasteiger charge is 2.37. The van der Waals surface area contributed by atoms with Gasteiger partial charge in [0.15, 0.2) is 5.82 Å². The minimum Gasteiger partial charge on any atom is -0.341 e. The molecule has 21 heavy (non-hydrogen) atoms. The van der Waals surface area contributed by atoms with Gasteiger partial charge in [0, 0.05) is 19.0 Å². The fourth-order valence-corrected chi connectivity index (χ4v) is 2.64. The lowest BCUT2D eigenvalue weighted by atomic mass is 9.99. The van der Waals surface area contributed by atoms with Crippen molar-refractivity contribution in [3.8, 4) is 0 Å². The smallest absolute Gasteiger partial charge is 0.233 e. The van der Waals surface area contributed by atoms with Crippen LogP contribution in [-0.2, 0) is 11.2 Å². The third kappa shape index (κ3) is 2.55. The van der Waals surface area contributed by atoms with Gasteiger partial charge in [-0.25, -0.2) is 0 Å². The Morgan fingerprint density at radius 2 is 1.95 bits per heavy atom. The molecule has 108 valence electrons. The zero-order valence-corrected chi connectivity index (χ0v) is 11.7. The van der Waals surface area contributed by atoms with Gasteiger partial charge in [0.2, 0.25) is 11.8 Å². The first-order chi connectivity index (χ1) is 10.3. The van der Waals surface area contributed by atoms with Gasteiger partial charge in [0.1, 0.15) is 0 Å². The topological polar surface area (TPSA) is 59.2 Å². The van der Waals surface area contributed by atoms with Crippen molar-refractivity contribution in [2.45, 2.75) is 31.1 Å². The zero-order valence-electron chi connectivity index (χ0n) is 11.7. The van der Waals surface area contributed by atoms with Crippen molar-refractivity contribution in [1.82, 2.24) is 15.0 Å². The summed E-state index contributed by atoms with van der Waals surface area (Å²) in [6.45, 7) is 1.38. The van der Waals surface area contributed by atoms with E-state index in [0.29, 0.717) is 31.3 Å². The molecule has 1 aromatic heterocycles. The largest absolute Gasteiger partial charge is 0.341 e. The highest BCUT2D eigenvalue weighted by Crippen LogP contribution is 2.39. The van der Waals surface area contributed by atoms with Crippen molar-refractivity contribution in [1.29, 1.82) is 0 Å². The van der Waals surface area contributed by atoms with Gasteiger partial charge in [0.25, 0.3) is 0 Å². The van der Waals surface area contributed by atoms with Gasteiger partial charge in [-0.2, -0.15) is 4.98 Å². The minimum atomic E-state index is 0.166. The highest BCUT2D eigenvalue weighted by atomic mass is 16.5. The molecule has 2 aromatic rings. The summed E-state index contributed by atoms with van der Waals surface area (Å²) in [5.41, 5.74) is 1.06. The predicted molar refractivity (Wildman–Crippen MR) is 75.7 cm³/mol. The van der Waals surface area contributed by atoms with Crippen LogP contribution in [-0.4, -0.2) is 34.0 Å². The lowest BCUT2D eigenvalue weighted by Gasteiger charge is -2.37. The molecule has 0 spiro atoms. The summed E-state index contributed by atoms with van der Waals surface area (Å²) >= 11 is 0. The Kier molecular flexibility index (Phi) is 2.98. The number of carbonyl (C=O) groups is 1. The van der Waals surface area contributed by atoms with Crippen molar-refractivity contribution in [2.24, 2.45) is 0 Å². The number of hydrogen-bond acceptors (Lipinski definition) is 4. The fourth-order valence-electron chi connectivity index (χ4n) is 2.64. The van der Waals surface area contributed by atoms with E-state index in [1.165, 1.54) is 12.8 Å². The second kappa shape index (κ2) is 4.98. The second-order valence-corrected chi connectivity index (χ2v) is 5.92. The fraction of sp³-hybridized carbons (Fsp3) is 0.438. The van der Waals surface area contributed by atoms with Crippen LogP contribution < -0.4 is 0 Å². The van der Waals surface area contributed by atoms with Crippen LogP contribution in [0.25, 0.3) is 0 Å². The maximum atomic E-state index is 12.2. The molecule has 4 rings (SSSR count). The summed E-state index contributed by atoms with van der Waals surface area (Å²) < 4.78 is 5.32. The minimum absolute atomic E-state index is 0.166. The molecule has 0 atom stereocenters. The number of carbonyl (C=O) groups excluding carboxylic acids is 1. The zero-order chi connectivity index (χ0) is 14.2. The lowest BCUT2D eigenvalue weighted by Crippen LogP contribution is -2.49. The number of benzene rings is 1. The maximum absolute atomic E-state index is 12.2. The first-order valence-electron chi connectivity index (χ1n) is 7.45. The Labute approximate surface area is 123 Å². The standard InChI is InChI=1S/C16H17N3O2/c20-14(8-11-4-2-1-3-5-11)19-9-13(10-19)16-17-15(18-21-16)12-6-7-12/h1-5,12-13H,6-10H2. The van der Waals surface area contributed by atoms with Crippen molar-refractivity contribution < 1.29 is 9.32 Å². The molecule has 2 heterocycles. The SMILES string of the molecule is O=C(Cc1ccccc1)N1CC(c2nc(C3CC3)no2)C1. The van der Waals surface area contributed by atoms with E-state index < -0.39 is 0 Å². The van der Waals surface area contributed by atoms with E-state index in [1.54, 1.807) is 0 Å². The monoisotopic (exact) mass is 283 g/mol. The van der Waals surface area contributed by atoms with E-state index in [0.717, 1.165) is 11.4 Å². The van der Waals surface area contributed by atoms with E-state index in [9.17, 15) is 4.79 Å². The maximum Gasteiger partial charge on any atom is 0.233 e. The molecule has 0 radical (unpaired) electrons. The van der Waals surface area contributed by atoms with Crippen LogP contribution in [0.5, 0.6) is 0 Å². The third-order valence-corrected chi connectivity index (χ3v) is 4.18. The van der Waals surface area contributed by atoms with Gasteiger partial charge in [-0.3, -0.25) is 4.79 Å². The van der Waals surface area contributed by atoms with Crippen LogP contribution in [0.4, 0.5) is 0 Å². The molecule has 5 nitrogen and oxygen atoms in total. The number of amides is 1. The quantitative estimate of drug-likeness (QED) is 0.862. The van der Waals surface area contributed by atoms with Crippen LogP contribution in [0.3, 0.4) is 0 Å². The molecular weight excluding hydrogens is 266 g/mol. The molecule has 0 bridgehead atoms. The Bertz CT molecular complexity index is 643. The summed E-state index contributed by atoms with van der Waals surface area (Å²) in [6.07, 6.45) is 2.81. The van der Waals surface area contributed by atoms with Crippen LogP contribution in [0.1, 0.15) is 42.0 Å². The summed E-state index contributed by atoms with van der Waals surface area (Å²) in [4.78, 5) is 18.5. The van der Waals surface area contributed by atoms with Crippen LogP contribution in [0.15, 0.2) is 34.9 Å². The molecule has 1 saturated heterocycles. The van der Waals surface area contributed by atoms with Crippen molar-refractivity contribution >= 4 is 5.91 Å². The number of hydrogen-bond donors (Lipinski definition) is 0. The van der Waals surface area contributed by atoms with Crippen LogP contribution in [0, 0.1) is 0 Å². The molecule has 0 N–H and O–H groups in total. The van der Waals surface area contributed by atoms with Gasteiger partial charge >= 0.3 is 0 Å². The number of rotatable bonds is 4. The van der Waals surface area contributed by atoms with Gasteiger partial charge < -0.3 is 9.42 Å². The molecular formula is C16H17N3O2. The summed E-state index contributed by atoms with van der Waals surface area (Å²) in [6, 6.07) is 9.84. The Morgan fingerprint density at radius 1 is 1.19 bits per heavy atom. The van der Waals surface area contributed by atoms with Crippen molar-refractivity contribution in [2.75, 3.05) is 13.1 Å². The van der Waals surface area contributed by atoms with Crippen molar-refractivity contribution in [3.63, 3.8) is 0 Å². The predicted octanol–water partition coefficient (Wildman–Crippen LogP) is 2.12. The summed E-state index contributed by atoms with van der Waals surface area (Å²) in [5.74, 6) is 2.43. The average Bonchev–Trinajstić information content (AvgIpc) is 3.18. The second-order valence-electron chi connectivity index (χ2n) is 5.92.